The lowest BCUT2D eigenvalue weighted by molar-refractivity contribution is 0.313. The summed E-state index contributed by atoms with van der Waals surface area (Å²) in [5.74, 6) is 2.89. The van der Waals surface area contributed by atoms with Crippen molar-refractivity contribution in [3.05, 3.63) is 36.1 Å². The van der Waals surface area contributed by atoms with Crippen molar-refractivity contribution < 1.29 is 0 Å². The van der Waals surface area contributed by atoms with Gasteiger partial charge in [-0.05, 0) is 24.3 Å². The third-order valence-corrected chi connectivity index (χ3v) is 5.15. The molecular weight excluding hydrogens is 338 g/mol. The third kappa shape index (κ3) is 3.37. The number of anilines is 2. The Balaban J connectivity index is 1.46. The number of fused-ring (bicyclic) bond motifs is 1. The van der Waals surface area contributed by atoms with Crippen LogP contribution in [0.25, 0.3) is 11.0 Å². The van der Waals surface area contributed by atoms with Crippen molar-refractivity contribution >= 4 is 34.3 Å². The van der Waals surface area contributed by atoms with Crippen LogP contribution >= 0.6 is 11.6 Å². The van der Waals surface area contributed by atoms with Crippen LogP contribution in [0, 0.1) is 11.8 Å². The van der Waals surface area contributed by atoms with Crippen LogP contribution in [0.15, 0.2) is 31.0 Å². The molecule has 2 atom stereocenters. The molecule has 0 bridgehead atoms. The van der Waals surface area contributed by atoms with E-state index in [4.69, 9.17) is 11.6 Å². The second-order valence-corrected chi connectivity index (χ2v) is 6.90. The van der Waals surface area contributed by atoms with E-state index in [9.17, 15) is 0 Å². The highest BCUT2D eigenvalue weighted by atomic mass is 35.5. The number of H-pyrrole nitrogens is 1. The van der Waals surface area contributed by atoms with Gasteiger partial charge in [0.1, 0.15) is 35.1 Å². The van der Waals surface area contributed by atoms with Crippen molar-refractivity contribution in [2.45, 2.75) is 13.3 Å². The number of aromatic amines is 1. The Hall–Kier alpha value is -2.41. The standard InChI is InChI=1S/C17H20ClN7/c1-11-3-5-25(15-6-14(18)21-9-22-15)8-12(11)7-20-17-13-2-4-19-16(13)23-10-24-17/h2,4,6,9-12H,3,5,7-8H2,1H3,(H2,19,20,23,24). The molecule has 25 heavy (non-hydrogen) atoms. The summed E-state index contributed by atoms with van der Waals surface area (Å²) in [6, 6.07) is 3.83. The predicted octanol–water partition coefficient (Wildman–Crippen LogP) is 2.98. The van der Waals surface area contributed by atoms with E-state index >= 15 is 0 Å². The van der Waals surface area contributed by atoms with Crippen LogP contribution in [0.2, 0.25) is 5.15 Å². The number of rotatable bonds is 4. The molecule has 1 fully saturated rings. The molecule has 2 N–H and O–H groups in total. The number of hydrogen-bond donors (Lipinski definition) is 2. The summed E-state index contributed by atoms with van der Waals surface area (Å²) in [7, 11) is 0. The molecule has 0 spiro atoms. The molecule has 2 unspecified atom stereocenters. The molecule has 0 amide bonds. The van der Waals surface area contributed by atoms with Crippen LogP contribution in [0.5, 0.6) is 0 Å². The molecule has 0 aromatic carbocycles. The minimum Gasteiger partial charge on any atom is -0.369 e. The fourth-order valence-electron chi connectivity index (χ4n) is 3.36. The maximum Gasteiger partial charge on any atom is 0.142 e. The average molecular weight is 358 g/mol. The van der Waals surface area contributed by atoms with Crippen molar-refractivity contribution in [3.63, 3.8) is 0 Å². The highest BCUT2D eigenvalue weighted by molar-refractivity contribution is 6.29. The summed E-state index contributed by atoms with van der Waals surface area (Å²) in [6.07, 6.45) is 6.11. The molecule has 1 aliphatic rings. The van der Waals surface area contributed by atoms with E-state index in [1.54, 1.807) is 6.33 Å². The topological polar surface area (TPSA) is 82.6 Å². The molecule has 4 rings (SSSR count). The van der Waals surface area contributed by atoms with E-state index in [0.717, 1.165) is 48.7 Å². The molecular formula is C17H20ClN7. The highest BCUT2D eigenvalue weighted by Crippen LogP contribution is 2.28. The summed E-state index contributed by atoms with van der Waals surface area (Å²) in [5.41, 5.74) is 0.853. The average Bonchev–Trinajstić information content (AvgIpc) is 3.10. The Morgan fingerprint density at radius 1 is 1.28 bits per heavy atom. The minimum absolute atomic E-state index is 0.481. The van der Waals surface area contributed by atoms with Crippen LogP contribution in [0.4, 0.5) is 11.6 Å². The molecule has 3 aromatic rings. The monoisotopic (exact) mass is 357 g/mol. The van der Waals surface area contributed by atoms with Crippen LogP contribution in [-0.4, -0.2) is 44.6 Å². The smallest absolute Gasteiger partial charge is 0.142 e. The van der Waals surface area contributed by atoms with E-state index in [2.05, 4.69) is 42.1 Å². The van der Waals surface area contributed by atoms with E-state index in [0.29, 0.717) is 17.0 Å². The molecule has 0 aliphatic carbocycles. The van der Waals surface area contributed by atoms with Crippen LogP contribution in [-0.2, 0) is 0 Å². The Morgan fingerprint density at radius 2 is 2.16 bits per heavy atom. The van der Waals surface area contributed by atoms with Gasteiger partial charge < -0.3 is 15.2 Å². The quantitative estimate of drug-likeness (QED) is 0.698. The maximum absolute atomic E-state index is 6.01. The first-order valence-electron chi connectivity index (χ1n) is 8.45. The third-order valence-electron chi connectivity index (χ3n) is 4.94. The number of hydrogen-bond acceptors (Lipinski definition) is 6. The van der Waals surface area contributed by atoms with Crippen molar-refractivity contribution in [3.8, 4) is 0 Å². The summed E-state index contributed by atoms with van der Waals surface area (Å²) in [6.45, 7) is 5.08. The lowest BCUT2D eigenvalue weighted by Gasteiger charge is -2.38. The predicted molar refractivity (Wildman–Crippen MR) is 98.9 cm³/mol. The molecule has 3 aromatic heterocycles. The normalized spacial score (nSPS) is 20.8. The van der Waals surface area contributed by atoms with E-state index in [-0.39, 0.29) is 0 Å². The molecule has 130 valence electrons. The SMILES string of the molecule is CC1CCN(c2cc(Cl)ncn2)CC1CNc1ncnc2[nH]ccc12. The maximum atomic E-state index is 6.01. The first-order chi connectivity index (χ1) is 12.2. The summed E-state index contributed by atoms with van der Waals surface area (Å²) < 4.78 is 0. The molecule has 7 nitrogen and oxygen atoms in total. The minimum atomic E-state index is 0.481. The van der Waals surface area contributed by atoms with Gasteiger partial charge in [-0.1, -0.05) is 18.5 Å². The Labute approximate surface area is 150 Å². The summed E-state index contributed by atoms with van der Waals surface area (Å²) >= 11 is 6.01. The zero-order chi connectivity index (χ0) is 17.2. The Morgan fingerprint density at radius 3 is 3.04 bits per heavy atom. The van der Waals surface area contributed by atoms with Crippen molar-refractivity contribution in [2.24, 2.45) is 11.8 Å². The van der Waals surface area contributed by atoms with E-state index in [1.807, 2.05) is 18.3 Å². The lowest BCUT2D eigenvalue weighted by atomic mass is 9.87. The van der Waals surface area contributed by atoms with Crippen LogP contribution < -0.4 is 10.2 Å². The fourth-order valence-corrected chi connectivity index (χ4v) is 3.50. The van der Waals surface area contributed by atoms with Gasteiger partial charge >= 0.3 is 0 Å². The van der Waals surface area contributed by atoms with Gasteiger partial charge in [0.05, 0.1) is 5.39 Å². The second kappa shape index (κ2) is 6.84. The zero-order valence-corrected chi connectivity index (χ0v) is 14.7. The summed E-state index contributed by atoms with van der Waals surface area (Å²) in [4.78, 5) is 22.3. The van der Waals surface area contributed by atoms with E-state index < -0.39 is 0 Å². The number of nitrogens with one attached hydrogen (secondary N) is 2. The van der Waals surface area contributed by atoms with Gasteiger partial charge in [0.25, 0.3) is 0 Å². The molecule has 0 radical (unpaired) electrons. The zero-order valence-electron chi connectivity index (χ0n) is 14.0. The molecule has 4 heterocycles. The number of halogens is 1. The first kappa shape index (κ1) is 16.1. The number of nitrogens with zero attached hydrogens (tertiary/aromatic N) is 5. The van der Waals surface area contributed by atoms with Crippen LogP contribution in [0.3, 0.4) is 0 Å². The van der Waals surface area contributed by atoms with Gasteiger partial charge in [0.15, 0.2) is 0 Å². The second-order valence-electron chi connectivity index (χ2n) is 6.51. The van der Waals surface area contributed by atoms with Crippen molar-refractivity contribution in [1.29, 1.82) is 0 Å². The summed E-state index contributed by atoms with van der Waals surface area (Å²) in [5, 5.41) is 5.00. The Bertz CT molecular complexity index is 865. The number of aromatic nitrogens is 5. The highest BCUT2D eigenvalue weighted by Gasteiger charge is 2.27. The van der Waals surface area contributed by atoms with Crippen molar-refractivity contribution in [2.75, 3.05) is 29.9 Å². The molecule has 1 aliphatic heterocycles. The largest absolute Gasteiger partial charge is 0.369 e. The van der Waals surface area contributed by atoms with Gasteiger partial charge in [-0.2, -0.15) is 0 Å². The van der Waals surface area contributed by atoms with Crippen molar-refractivity contribution in [1.82, 2.24) is 24.9 Å². The number of piperidine rings is 1. The Kier molecular flexibility index (Phi) is 4.40. The first-order valence-corrected chi connectivity index (χ1v) is 8.83. The van der Waals surface area contributed by atoms with E-state index in [1.165, 1.54) is 6.33 Å². The molecule has 8 heteroatoms. The fraction of sp³-hybridized carbons (Fsp3) is 0.412. The van der Waals surface area contributed by atoms with Gasteiger partial charge in [0, 0.05) is 31.9 Å². The van der Waals surface area contributed by atoms with Gasteiger partial charge in [-0.25, -0.2) is 19.9 Å². The molecule has 1 saturated heterocycles. The van der Waals surface area contributed by atoms with Gasteiger partial charge in [-0.3, -0.25) is 0 Å². The van der Waals surface area contributed by atoms with Crippen LogP contribution in [0.1, 0.15) is 13.3 Å². The van der Waals surface area contributed by atoms with Gasteiger partial charge in [0.2, 0.25) is 0 Å². The van der Waals surface area contributed by atoms with Gasteiger partial charge in [-0.15, -0.1) is 0 Å². The lowest BCUT2D eigenvalue weighted by Crippen LogP contribution is -2.42. The molecule has 0 saturated carbocycles.